The van der Waals surface area contributed by atoms with Crippen molar-refractivity contribution in [3.8, 4) is 0 Å². The molecule has 0 heterocycles. The van der Waals surface area contributed by atoms with Gasteiger partial charge in [0.2, 0.25) is 0 Å². The quantitative estimate of drug-likeness (QED) is 0.171. The summed E-state index contributed by atoms with van der Waals surface area (Å²) in [7, 11) is 0. The lowest BCUT2D eigenvalue weighted by Crippen LogP contribution is -2.20. The third-order valence-corrected chi connectivity index (χ3v) is 7.00. The van der Waals surface area contributed by atoms with Crippen molar-refractivity contribution >= 4 is 5.69 Å². The van der Waals surface area contributed by atoms with Gasteiger partial charge in [0.15, 0.2) is 0 Å². The van der Waals surface area contributed by atoms with Crippen LogP contribution in [0.5, 0.6) is 0 Å². The normalized spacial score (nSPS) is 13.9. The summed E-state index contributed by atoms with van der Waals surface area (Å²) in [6.07, 6.45) is 20.3. The Labute approximate surface area is 213 Å². The number of hydrogen-bond acceptors (Lipinski definition) is 2. The average Bonchev–Trinajstić information content (AvgIpc) is 3.24. The summed E-state index contributed by atoms with van der Waals surface area (Å²) < 4.78 is 0. The van der Waals surface area contributed by atoms with E-state index in [2.05, 4.69) is 53.8 Å². The highest BCUT2D eigenvalue weighted by atomic mass is 14.6. The van der Waals surface area contributed by atoms with Gasteiger partial charge in [0, 0.05) is 11.4 Å². The highest BCUT2D eigenvalue weighted by Gasteiger charge is 2.34. The summed E-state index contributed by atoms with van der Waals surface area (Å²) in [4.78, 5) is 0. The molecule has 0 aromatic heterocycles. The van der Waals surface area contributed by atoms with Crippen LogP contribution in [-0.2, 0) is 6.42 Å². The second kappa shape index (κ2) is 19.6. The van der Waals surface area contributed by atoms with Crippen LogP contribution >= 0.6 is 0 Å². The SMILES string of the molecule is C=C(N)CC1(CC(=C)CCCCCC)CCCC1.CCCC.CCCCc1c(C)cccc1N. The largest absolute Gasteiger partial charge is 0.402 e. The fourth-order valence-corrected chi connectivity index (χ4v) is 4.86. The zero-order valence-corrected chi connectivity index (χ0v) is 23.6. The molecule has 34 heavy (non-hydrogen) atoms. The maximum Gasteiger partial charge on any atom is 0.0349 e. The summed E-state index contributed by atoms with van der Waals surface area (Å²) in [5.41, 5.74) is 18.0. The van der Waals surface area contributed by atoms with Gasteiger partial charge in [0.1, 0.15) is 0 Å². The van der Waals surface area contributed by atoms with Gasteiger partial charge < -0.3 is 11.5 Å². The summed E-state index contributed by atoms with van der Waals surface area (Å²) in [6.45, 7) is 19.2. The Hall–Kier alpha value is -1.70. The maximum absolute atomic E-state index is 5.86. The van der Waals surface area contributed by atoms with Crippen LogP contribution in [0.1, 0.15) is 135 Å². The van der Waals surface area contributed by atoms with Gasteiger partial charge in [-0.05, 0) is 80.9 Å². The Morgan fingerprint density at radius 1 is 0.853 bits per heavy atom. The lowest BCUT2D eigenvalue weighted by Gasteiger charge is -2.30. The van der Waals surface area contributed by atoms with E-state index in [-0.39, 0.29) is 0 Å². The van der Waals surface area contributed by atoms with E-state index in [9.17, 15) is 0 Å². The summed E-state index contributed by atoms with van der Waals surface area (Å²) in [6, 6.07) is 6.12. The van der Waals surface area contributed by atoms with Crippen molar-refractivity contribution in [1.82, 2.24) is 0 Å². The van der Waals surface area contributed by atoms with Gasteiger partial charge in [-0.25, -0.2) is 0 Å². The molecule has 1 aliphatic rings. The lowest BCUT2D eigenvalue weighted by atomic mass is 9.76. The molecule has 2 nitrogen and oxygen atoms in total. The van der Waals surface area contributed by atoms with Crippen LogP contribution < -0.4 is 11.5 Å². The van der Waals surface area contributed by atoms with Crippen molar-refractivity contribution < 1.29 is 0 Å². The molecule has 0 atom stereocenters. The first-order chi connectivity index (χ1) is 16.2. The van der Waals surface area contributed by atoms with E-state index >= 15 is 0 Å². The van der Waals surface area contributed by atoms with Crippen LogP contribution in [0, 0.1) is 12.3 Å². The molecule has 1 aromatic carbocycles. The fourth-order valence-electron chi connectivity index (χ4n) is 4.86. The molecule has 1 fully saturated rings. The van der Waals surface area contributed by atoms with E-state index < -0.39 is 0 Å². The number of allylic oxidation sites excluding steroid dienone is 2. The van der Waals surface area contributed by atoms with Crippen LogP contribution in [0.3, 0.4) is 0 Å². The van der Waals surface area contributed by atoms with E-state index in [4.69, 9.17) is 11.5 Å². The van der Waals surface area contributed by atoms with Crippen molar-refractivity contribution in [3.63, 3.8) is 0 Å². The van der Waals surface area contributed by atoms with Gasteiger partial charge in [-0.2, -0.15) is 0 Å². The molecule has 0 radical (unpaired) electrons. The molecule has 0 saturated heterocycles. The average molecular weight is 471 g/mol. The molecule has 1 aliphatic carbocycles. The number of anilines is 1. The molecule has 0 amide bonds. The molecule has 2 rings (SSSR count). The van der Waals surface area contributed by atoms with E-state index in [1.165, 1.54) is 107 Å². The zero-order valence-electron chi connectivity index (χ0n) is 23.6. The predicted octanol–water partition coefficient (Wildman–Crippen LogP) is 10.1. The molecular formula is C32H58N2. The van der Waals surface area contributed by atoms with Crippen LogP contribution in [0.25, 0.3) is 0 Å². The molecule has 1 saturated carbocycles. The molecule has 0 unspecified atom stereocenters. The minimum Gasteiger partial charge on any atom is -0.402 e. The van der Waals surface area contributed by atoms with Gasteiger partial charge in [-0.15, -0.1) is 0 Å². The van der Waals surface area contributed by atoms with Gasteiger partial charge in [-0.3, -0.25) is 0 Å². The number of rotatable bonds is 13. The van der Waals surface area contributed by atoms with Crippen LogP contribution in [0.2, 0.25) is 0 Å². The summed E-state index contributed by atoms with van der Waals surface area (Å²) in [5.74, 6) is 0. The number of hydrogen-bond donors (Lipinski definition) is 2. The smallest absolute Gasteiger partial charge is 0.0349 e. The minimum absolute atomic E-state index is 0.410. The molecule has 0 spiro atoms. The third kappa shape index (κ3) is 14.5. The number of aryl methyl sites for hydroxylation is 1. The van der Waals surface area contributed by atoms with Crippen molar-refractivity contribution in [2.24, 2.45) is 11.1 Å². The number of benzene rings is 1. The Morgan fingerprint density at radius 3 is 1.97 bits per heavy atom. The van der Waals surface area contributed by atoms with Crippen molar-refractivity contribution in [3.05, 3.63) is 53.8 Å². The van der Waals surface area contributed by atoms with E-state index in [0.717, 1.165) is 24.2 Å². The first kappa shape index (κ1) is 32.3. The maximum atomic E-state index is 5.86. The van der Waals surface area contributed by atoms with Gasteiger partial charge >= 0.3 is 0 Å². The van der Waals surface area contributed by atoms with Crippen molar-refractivity contribution in [2.45, 2.75) is 137 Å². The highest BCUT2D eigenvalue weighted by molar-refractivity contribution is 5.50. The third-order valence-electron chi connectivity index (χ3n) is 7.00. The second-order valence-corrected chi connectivity index (χ2v) is 10.5. The Bertz CT molecular complexity index is 645. The number of nitrogen functional groups attached to an aromatic ring is 1. The molecule has 0 aliphatic heterocycles. The van der Waals surface area contributed by atoms with Gasteiger partial charge in [0.05, 0.1) is 0 Å². The summed E-state index contributed by atoms with van der Waals surface area (Å²) in [5, 5.41) is 0. The molecule has 2 heteroatoms. The number of unbranched alkanes of at least 4 members (excludes halogenated alkanes) is 5. The molecule has 4 N–H and O–H groups in total. The number of nitrogens with two attached hydrogens (primary N) is 2. The van der Waals surface area contributed by atoms with Crippen molar-refractivity contribution in [2.75, 3.05) is 5.73 Å². The molecular weight excluding hydrogens is 412 g/mol. The molecule has 196 valence electrons. The first-order valence-electron chi connectivity index (χ1n) is 14.2. The standard InChI is InChI=1S/C17H31N.C11H17N.C4H10/c1-4-5-6-7-10-15(2)13-17(14-16(3)18)11-8-9-12-17;1-3-4-7-10-9(2)6-5-8-11(10)12;1-3-4-2/h2-14,18H2,1H3;5-6,8H,3-4,7,12H2,1-2H3;3-4H2,1-2H3. The van der Waals surface area contributed by atoms with Crippen LogP contribution in [-0.4, -0.2) is 0 Å². The molecule has 1 aromatic rings. The van der Waals surface area contributed by atoms with Gasteiger partial charge in [-0.1, -0.05) is 110 Å². The molecule has 0 bridgehead atoms. The van der Waals surface area contributed by atoms with Crippen molar-refractivity contribution in [1.29, 1.82) is 0 Å². The monoisotopic (exact) mass is 470 g/mol. The van der Waals surface area contributed by atoms with Gasteiger partial charge in [0.25, 0.3) is 0 Å². The topological polar surface area (TPSA) is 52.0 Å². The Balaban J connectivity index is 0.000000584. The second-order valence-electron chi connectivity index (χ2n) is 10.5. The Morgan fingerprint density at radius 2 is 1.47 bits per heavy atom. The highest BCUT2D eigenvalue weighted by Crippen LogP contribution is 2.47. The van der Waals surface area contributed by atoms with E-state index in [1.54, 1.807) is 0 Å². The minimum atomic E-state index is 0.410. The lowest BCUT2D eigenvalue weighted by molar-refractivity contribution is 0.286. The van der Waals surface area contributed by atoms with E-state index in [1.807, 2.05) is 12.1 Å². The predicted molar refractivity (Wildman–Crippen MR) is 156 cm³/mol. The Kier molecular flexibility index (Phi) is 18.6. The zero-order chi connectivity index (χ0) is 25.8. The summed E-state index contributed by atoms with van der Waals surface area (Å²) >= 11 is 0. The van der Waals surface area contributed by atoms with Crippen LogP contribution in [0.4, 0.5) is 5.69 Å². The van der Waals surface area contributed by atoms with Crippen LogP contribution in [0.15, 0.2) is 42.6 Å². The van der Waals surface area contributed by atoms with E-state index in [0.29, 0.717) is 5.41 Å². The first-order valence-corrected chi connectivity index (χ1v) is 14.2. The fraction of sp³-hybridized carbons (Fsp3) is 0.688.